The van der Waals surface area contributed by atoms with Gasteiger partial charge in [-0.3, -0.25) is 4.90 Å². The molecular weight excluding hydrogens is 436 g/mol. The molecule has 0 saturated carbocycles. The first-order valence-electron chi connectivity index (χ1n) is 12.6. The molecule has 35 heavy (non-hydrogen) atoms. The Morgan fingerprint density at radius 2 is 1.71 bits per heavy atom. The Labute approximate surface area is 206 Å². The quantitative estimate of drug-likeness (QED) is 0.447. The number of phenols is 1. The van der Waals surface area contributed by atoms with Crippen molar-refractivity contribution in [1.29, 1.82) is 0 Å². The maximum atomic E-state index is 9.79. The Bertz CT molecular complexity index is 1350. The number of hydrogen-bond donors (Lipinski definition) is 1. The molecule has 0 spiro atoms. The molecule has 2 aliphatic rings. The molecule has 6 nitrogen and oxygen atoms in total. The fraction of sp³-hybridized carbons (Fsp3) is 0.345. The number of phenolic OH excluding ortho intramolecular Hbond substituents is 1. The van der Waals surface area contributed by atoms with Crippen molar-refractivity contribution in [3.8, 4) is 22.8 Å². The smallest absolute Gasteiger partial charge is 0.144 e. The first-order valence-corrected chi connectivity index (χ1v) is 12.6. The van der Waals surface area contributed by atoms with Crippen molar-refractivity contribution >= 4 is 16.7 Å². The minimum absolute atomic E-state index is 0.132. The molecule has 4 aromatic rings. The normalized spacial score (nSPS) is 18.1. The lowest BCUT2D eigenvalue weighted by Crippen LogP contribution is -2.47. The number of ether oxygens (including phenoxy) is 1. The summed E-state index contributed by atoms with van der Waals surface area (Å²) < 4.78 is 8.95. The van der Waals surface area contributed by atoms with E-state index in [0.29, 0.717) is 5.75 Å². The number of aromatic nitrogens is 2. The van der Waals surface area contributed by atoms with Crippen molar-refractivity contribution in [2.45, 2.75) is 32.9 Å². The molecule has 4 heterocycles. The van der Waals surface area contributed by atoms with E-state index < -0.39 is 0 Å². The van der Waals surface area contributed by atoms with Crippen LogP contribution in [0.15, 0.2) is 60.7 Å². The topological polar surface area (TPSA) is 53.8 Å². The zero-order chi connectivity index (χ0) is 23.9. The van der Waals surface area contributed by atoms with Crippen LogP contribution < -0.4 is 9.64 Å². The number of hydrogen-bond acceptors (Lipinski definition) is 5. The van der Waals surface area contributed by atoms with Gasteiger partial charge in [-0.05, 0) is 73.9 Å². The first kappa shape index (κ1) is 22.0. The Kier molecular flexibility index (Phi) is 5.61. The summed E-state index contributed by atoms with van der Waals surface area (Å²) in [5.41, 5.74) is 5.87. The van der Waals surface area contributed by atoms with Gasteiger partial charge in [0.15, 0.2) is 0 Å². The summed E-state index contributed by atoms with van der Waals surface area (Å²) in [5.74, 6) is 2.36. The van der Waals surface area contributed by atoms with Crippen molar-refractivity contribution < 1.29 is 9.84 Å². The summed E-state index contributed by atoms with van der Waals surface area (Å²) in [5, 5.41) is 11.0. The molecule has 1 N–H and O–H groups in total. The summed E-state index contributed by atoms with van der Waals surface area (Å²) in [6.07, 6.45) is 1.12. The van der Waals surface area contributed by atoms with E-state index in [4.69, 9.17) is 9.72 Å². The molecule has 0 aliphatic carbocycles. The second kappa shape index (κ2) is 8.93. The minimum Gasteiger partial charge on any atom is -0.508 e. The van der Waals surface area contributed by atoms with Gasteiger partial charge in [0.1, 0.15) is 23.4 Å². The second-order valence-corrected chi connectivity index (χ2v) is 9.78. The lowest BCUT2D eigenvalue weighted by atomic mass is 10.1. The third-order valence-corrected chi connectivity index (χ3v) is 7.46. The molecule has 1 atom stereocenters. The van der Waals surface area contributed by atoms with Crippen LogP contribution in [0, 0.1) is 13.8 Å². The van der Waals surface area contributed by atoms with Gasteiger partial charge in [-0.25, -0.2) is 4.98 Å². The van der Waals surface area contributed by atoms with E-state index in [-0.39, 0.29) is 6.10 Å². The van der Waals surface area contributed by atoms with Crippen molar-refractivity contribution in [1.82, 2.24) is 14.5 Å². The third-order valence-electron chi connectivity index (χ3n) is 7.46. The van der Waals surface area contributed by atoms with Crippen LogP contribution >= 0.6 is 0 Å². The Balaban J connectivity index is 1.16. The van der Waals surface area contributed by atoms with Crippen molar-refractivity contribution in [3.63, 3.8) is 0 Å². The number of pyridine rings is 1. The van der Waals surface area contributed by atoms with Crippen molar-refractivity contribution in [3.05, 3.63) is 71.9 Å². The molecule has 1 fully saturated rings. The van der Waals surface area contributed by atoms with Gasteiger partial charge in [0.25, 0.3) is 0 Å². The van der Waals surface area contributed by atoms with Crippen molar-refractivity contribution in [2.24, 2.45) is 0 Å². The summed E-state index contributed by atoms with van der Waals surface area (Å²) >= 11 is 0. The molecule has 0 bridgehead atoms. The molecule has 6 rings (SSSR count). The van der Waals surface area contributed by atoms with E-state index >= 15 is 0 Å². The van der Waals surface area contributed by atoms with Crippen LogP contribution in [0.4, 0.5) is 5.82 Å². The molecule has 2 aromatic heterocycles. The highest BCUT2D eigenvalue weighted by Gasteiger charge is 2.28. The molecule has 2 aliphatic heterocycles. The Morgan fingerprint density at radius 3 is 2.49 bits per heavy atom. The Hall–Kier alpha value is -3.51. The number of piperazine rings is 1. The predicted octanol–water partition coefficient (Wildman–Crippen LogP) is 5.00. The van der Waals surface area contributed by atoms with Crippen LogP contribution in [0.3, 0.4) is 0 Å². The highest BCUT2D eigenvalue weighted by Crippen LogP contribution is 2.41. The van der Waals surface area contributed by atoms with Crippen LogP contribution in [-0.4, -0.2) is 58.4 Å². The van der Waals surface area contributed by atoms with E-state index in [1.807, 2.05) is 12.1 Å². The number of para-hydroxylation sites is 1. The molecule has 1 unspecified atom stereocenters. The first-order chi connectivity index (χ1) is 17.1. The molecular formula is C29H32N4O2. The zero-order valence-corrected chi connectivity index (χ0v) is 20.4. The third kappa shape index (κ3) is 4.12. The van der Waals surface area contributed by atoms with Gasteiger partial charge in [0.2, 0.25) is 0 Å². The van der Waals surface area contributed by atoms with Gasteiger partial charge >= 0.3 is 0 Å². The van der Waals surface area contributed by atoms with E-state index in [0.717, 1.165) is 68.5 Å². The molecule has 180 valence electrons. The largest absolute Gasteiger partial charge is 0.508 e. The van der Waals surface area contributed by atoms with Crippen LogP contribution in [0.25, 0.3) is 22.2 Å². The van der Waals surface area contributed by atoms with Gasteiger partial charge in [-0.2, -0.15) is 0 Å². The predicted molar refractivity (Wildman–Crippen MR) is 140 cm³/mol. The lowest BCUT2D eigenvalue weighted by Gasteiger charge is -2.36. The van der Waals surface area contributed by atoms with Crippen molar-refractivity contribution in [2.75, 3.05) is 37.6 Å². The minimum atomic E-state index is 0.132. The fourth-order valence-electron chi connectivity index (χ4n) is 5.62. The van der Waals surface area contributed by atoms with Crippen LogP contribution in [0.1, 0.15) is 17.7 Å². The average molecular weight is 469 g/mol. The summed E-state index contributed by atoms with van der Waals surface area (Å²) in [6, 6.07) is 20.2. The Morgan fingerprint density at radius 1 is 0.943 bits per heavy atom. The highest BCUT2D eigenvalue weighted by molar-refractivity contribution is 5.95. The van der Waals surface area contributed by atoms with Crippen LogP contribution in [-0.2, 0) is 6.54 Å². The lowest BCUT2D eigenvalue weighted by molar-refractivity contribution is 0.137. The van der Waals surface area contributed by atoms with Gasteiger partial charge < -0.3 is 19.3 Å². The molecule has 6 heteroatoms. The fourth-order valence-corrected chi connectivity index (χ4v) is 5.62. The zero-order valence-electron chi connectivity index (χ0n) is 20.4. The van der Waals surface area contributed by atoms with Crippen LogP contribution in [0.2, 0.25) is 0 Å². The maximum Gasteiger partial charge on any atom is 0.144 e. The van der Waals surface area contributed by atoms with E-state index in [1.165, 1.54) is 22.2 Å². The van der Waals surface area contributed by atoms with Gasteiger partial charge in [-0.15, -0.1) is 0 Å². The highest BCUT2D eigenvalue weighted by atomic mass is 16.5. The SMILES string of the molecule is Cc1cccc(N2CCN(CCC3Cn4c(-c5ccc(O)cc5)c(C)c5cccc(c54)O3)CC2)n1. The molecule has 0 radical (unpaired) electrons. The van der Waals surface area contributed by atoms with E-state index in [2.05, 4.69) is 64.6 Å². The summed E-state index contributed by atoms with van der Waals surface area (Å²) in [4.78, 5) is 9.63. The summed E-state index contributed by atoms with van der Waals surface area (Å²) in [7, 11) is 0. The average Bonchev–Trinajstić information content (AvgIpc) is 3.16. The number of aryl methyl sites for hydroxylation is 2. The molecule has 0 amide bonds. The molecule has 1 saturated heterocycles. The number of nitrogens with zero attached hydrogens (tertiary/aromatic N) is 4. The van der Waals surface area contributed by atoms with Gasteiger partial charge in [-0.1, -0.05) is 18.2 Å². The number of rotatable bonds is 5. The van der Waals surface area contributed by atoms with E-state index in [9.17, 15) is 5.11 Å². The van der Waals surface area contributed by atoms with E-state index in [1.54, 1.807) is 12.1 Å². The van der Waals surface area contributed by atoms with Gasteiger partial charge in [0, 0.05) is 43.8 Å². The van der Waals surface area contributed by atoms with Gasteiger partial charge in [0.05, 0.1) is 17.8 Å². The maximum absolute atomic E-state index is 9.79. The number of aromatic hydroxyl groups is 1. The standard InChI is InChI=1S/C29H32N4O2/c1-20-5-3-8-27(30-20)32-17-15-31(16-18-32)14-13-24-19-33-28(22-9-11-23(34)12-10-22)21(2)25-6-4-7-26(35-24)29(25)33/h3-12,24,34H,13-19H2,1-2H3. The number of benzene rings is 2. The van der Waals surface area contributed by atoms with Crippen LogP contribution in [0.5, 0.6) is 11.5 Å². The molecule has 2 aromatic carbocycles. The monoisotopic (exact) mass is 468 g/mol. The number of anilines is 1. The second-order valence-electron chi connectivity index (χ2n) is 9.78. The summed E-state index contributed by atoms with van der Waals surface area (Å²) in [6.45, 7) is 10.2.